The zero-order chi connectivity index (χ0) is 24.0. The van der Waals surface area contributed by atoms with Gasteiger partial charge in [-0.3, -0.25) is 19.2 Å². The fourth-order valence-electron chi connectivity index (χ4n) is 3.67. The number of carbonyl (C=O) groups excluding carboxylic acids is 4. The molecule has 0 saturated heterocycles. The van der Waals surface area contributed by atoms with E-state index in [1.54, 1.807) is 62.6 Å². The molecule has 1 atom stereocenters. The van der Waals surface area contributed by atoms with Crippen LogP contribution in [-0.2, 0) is 14.4 Å². The SMILES string of the molecule is COc1ccc(NC(C)=C(C(C)=O)C(C(=O)c2ccc(Br)cc2)C(C(C)=O)C(C)=O)cc1. The van der Waals surface area contributed by atoms with E-state index in [-0.39, 0.29) is 5.57 Å². The number of Topliss-reactive ketones (excluding diaryl/α,β-unsaturated/α-hetero) is 4. The van der Waals surface area contributed by atoms with Gasteiger partial charge < -0.3 is 10.1 Å². The van der Waals surface area contributed by atoms with E-state index in [2.05, 4.69) is 21.2 Å². The topological polar surface area (TPSA) is 89.5 Å². The Balaban J connectivity index is 2.64. The van der Waals surface area contributed by atoms with Crippen LogP contribution in [0.5, 0.6) is 5.75 Å². The lowest BCUT2D eigenvalue weighted by molar-refractivity contribution is -0.131. The number of halogens is 1. The molecule has 7 heteroatoms. The van der Waals surface area contributed by atoms with Crippen LogP contribution in [0.15, 0.2) is 64.3 Å². The van der Waals surface area contributed by atoms with Gasteiger partial charge in [-0.2, -0.15) is 0 Å². The standard InChI is InChI=1S/C25H26BrNO5/c1-14(27-20-10-12-21(32-5)13-11-20)22(15(2)28)24(23(16(3)29)17(4)30)25(31)18-6-8-19(26)9-7-18/h6-13,23-24,27H,1-5H3. The van der Waals surface area contributed by atoms with Crippen molar-refractivity contribution in [2.75, 3.05) is 12.4 Å². The molecule has 168 valence electrons. The van der Waals surface area contributed by atoms with Crippen LogP contribution < -0.4 is 10.1 Å². The third kappa shape index (κ3) is 6.01. The zero-order valence-corrected chi connectivity index (χ0v) is 20.3. The van der Waals surface area contributed by atoms with E-state index in [4.69, 9.17) is 4.74 Å². The molecule has 0 aliphatic carbocycles. The van der Waals surface area contributed by atoms with Gasteiger partial charge in [0.2, 0.25) is 0 Å². The van der Waals surface area contributed by atoms with Gasteiger partial charge in [0, 0.05) is 27.0 Å². The number of nitrogens with one attached hydrogen (secondary N) is 1. The molecule has 0 aliphatic rings. The lowest BCUT2D eigenvalue weighted by Gasteiger charge is -2.26. The predicted octanol–water partition coefficient (Wildman–Crippen LogP) is 5.03. The Kier molecular flexibility index (Phi) is 8.66. The number of methoxy groups -OCH3 is 1. The summed E-state index contributed by atoms with van der Waals surface area (Å²) in [5.41, 5.74) is 1.47. The Hall–Kier alpha value is -3.06. The molecule has 0 fully saturated rings. The van der Waals surface area contributed by atoms with Gasteiger partial charge in [-0.25, -0.2) is 0 Å². The number of ketones is 4. The van der Waals surface area contributed by atoms with Gasteiger partial charge in [0.15, 0.2) is 11.6 Å². The van der Waals surface area contributed by atoms with Gasteiger partial charge in [0.25, 0.3) is 0 Å². The van der Waals surface area contributed by atoms with Gasteiger partial charge in [-0.1, -0.05) is 28.1 Å². The molecule has 0 amide bonds. The fourth-order valence-corrected chi connectivity index (χ4v) is 3.94. The van der Waals surface area contributed by atoms with Crippen molar-refractivity contribution in [2.24, 2.45) is 11.8 Å². The number of allylic oxidation sites excluding steroid dienone is 2. The number of hydrogen-bond donors (Lipinski definition) is 1. The van der Waals surface area contributed by atoms with Gasteiger partial charge in [-0.15, -0.1) is 0 Å². The summed E-state index contributed by atoms with van der Waals surface area (Å²) in [4.78, 5) is 51.2. The molecule has 0 saturated carbocycles. The summed E-state index contributed by atoms with van der Waals surface area (Å²) < 4.78 is 5.93. The van der Waals surface area contributed by atoms with Crippen LogP contribution in [0.4, 0.5) is 5.69 Å². The molecule has 2 aromatic rings. The van der Waals surface area contributed by atoms with Crippen molar-refractivity contribution < 1.29 is 23.9 Å². The molecule has 0 aliphatic heterocycles. The molecular formula is C25H26BrNO5. The Morgan fingerprint density at radius 2 is 1.34 bits per heavy atom. The fraction of sp³-hybridized carbons (Fsp3) is 0.280. The van der Waals surface area contributed by atoms with Crippen molar-refractivity contribution in [3.63, 3.8) is 0 Å². The van der Waals surface area contributed by atoms with Crippen LogP contribution in [0.1, 0.15) is 38.1 Å². The molecule has 0 radical (unpaired) electrons. The summed E-state index contributed by atoms with van der Waals surface area (Å²) in [5, 5.41) is 3.12. The van der Waals surface area contributed by atoms with Crippen molar-refractivity contribution in [2.45, 2.75) is 27.7 Å². The maximum Gasteiger partial charge on any atom is 0.171 e. The van der Waals surface area contributed by atoms with E-state index in [0.717, 1.165) is 4.47 Å². The summed E-state index contributed by atoms with van der Waals surface area (Å²) in [6.07, 6.45) is 0. The van der Waals surface area contributed by atoms with Crippen molar-refractivity contribution in [3.05, 3.63) is 69.8 Å². The first-order valence-corrected chi connectivity index (χ1v) is 10.8. The van der Waals surface area contributed by atoms with E-state index in [0.29, 0.717) is 22.7 Å². The highest BCUT2D eigenvalue weighted by atomic mass is 79.9. The third-order valence-corrected chi connectivity index (χ3v) is 5.67. The molecular weight excluding hydrogens is 474 g/mol. The van der Waals surface area contributed by atoms with E-state index < -0.39 is 35.0 Å². The second-order valence-electron chi connectivity index (χ2n) is 7.50. The van der Waals surface area contributed by atoms with E-state index in [1.807, 2.05) is 0 Å². The van der Waals surface area contributed by atoms with E-state index >= 15 is 0 Å². The Morgan fingerprint density at radius 3 is 1.78 bits per heavy atom. The molecule has 2 aromatic carbocycles. The highest BCUT2D eigenvalue weighted by Gasteiger charge is 2.40. The third-order valence-electron chi connectivity index (χ3n) is 5.14. The second kappa shape index (κ2) is 11.0. The highest BCUT2D eigenvalue weighted by molar-refractivity contribution is 9.10. The number of anilines is 1. The van der Waals surface area contributed by atoms with Crippen molar-refractivity contribution >= 4 is 44.8 Å². The average molecular weight is 500 g/mol. The van der Waals surface area contributed by atoms with Gasteiger partial charge >= 0.3 is 0 Å². The molecule has 6 nitrogen and oxygen atoms in total. The second-order valence-corrected chi connectivity index (χ2v) is 8.41. The van der Waals surface area contributed by atoms with Crippen LogP contribution in [0.3, 0.4) is 0 Å². The van der Waals surface area contributed by atoms with E-state index in [1.165, 1.54) is 20.8 Å². The number of ether oxygens (including phenoxy) is 1. The minimum Gasteiger partial charge on any atom is -0.497 e. The first-order valence-electron chi connectivity index (χ1n) is 10.00. The molecule has 1 N–H and O–H groups in total. The lowest BCUT2D eigenvalue weighted by Crippen LogP contribution is -2.37. The Bertz CT molecular complexity index is 1040. The first kappa shape index (κ1) is 25.2. The van der Waals surface area contributed by atoms with E-state index in [9.17, 15) is 19.2 Å². The lowest BCUT2D eigenvalue weighted by atomic mass is 9.74. The maximum absolute atomic E-state index is 13.5. The molecule has 32 heavy (non-hydrogen) atoms. The molecule has 0 aromatic heterocycles. The Labute approximate surface area is 196 Å². The van der Waals surface area contributed by atoms with Gasteiger partial charge in [0.1, 0.15) is 17.3 Å². The number of hydrogen-bond acceptors (Lipinski definition) is 6. The molecule has 0 heterocycles. The smallest absolute Gasteiger partial charge is 0.171 e. The van der Waals surface area contributed by atoms with Crippen LogP contribution in [0, 0.1) is 11.8 Å². The van der Waals surface area contributed by atoms with Crippen molar-refractivity contribution in [1.29, 1.82) is 0 Å². The maximum atomic E-state index is 13.5. The quantitative estimate of drug-likeness (QED) is 0.280. The number of rotatable bonds is 10. The normalized spacial score (nSPS) is 12.6. The molecule has 1 unspecified atom stereocenters. The van der Waals surface area contributed by atoms with Crippen LogP contribution in [-0.4, -0.2) is 30.2 Å². The average Bonchev–Trinajstić information content (AvgIpc) is 2.73. The molecule has 0 bridgehead atoms. The zero-order valence-electron chi connectivity index (χ0n) is 18.7. The predicted molar refractivity (Wildman–Crippen MR) is 127 cm³/mol. The van der Waals surface area contributed by atoms with Crippen molar-refractivity contribution in [3.8, 4) is 5.75 Å². The Morgan fingerprint density at radius 1 is 0.812 bits per heavy atom. The summed E-state index contributed by atoms with van der Waals surface area (Å²) in [6, 6.07) is 13.6. The molecule has 0 spiro atoms. The minimum atomic E-state index is -1.27. The van der Waals surface area contributed by atoms with Crippen molar-refractivity contribution in [1.82, 2.24) is 0 Å². The summed E-state index contributed by atoms with van der Waals surface area (Å²) in [7, 11) is 1.56. The van der Waals surface area contributed by atoms with Gasteiger partial charge in [0.05, 0.1) is 18.9 Å². The van der Waals surface area contributed by atoms with Crippen LogP contribution in [0.25, 0.3) is 0 Å². The largest absolute Gasteiger partial charge is 0.497 e. The van der Waals surface area contributed by atoms with Crippen LogP contribution >= 0.6 is 15.9 Å². The first-order chi connectivity index (χ1) is 15.1. The number of benzene rings is 2. The monoisotopic (exact) mass is 499 g/mol. The van der Waals surface area contributed by atoms with Gasteiger partial charge in [-0.05, 0) is 64.1 Å². The number of carbonyl (C=O) groups is 4. The minimum absolute atomic E-state index is 0.101. The highest BCUT2D eigenvalue weighted by Crippen LogP contribution is 2.31. The summed E-state index contributed by atoms with van der Waals surface area (Å²) in [5.74, 6) is -3.64. The summed E-state index contributed by atoms with van der Waals surface area (Å²) >= 11 is 3.33. The van der Waals surface area contributed by atoms with Crippen LogP contribution in [0.2, 0.25) is 0 Å². The summed E-state index contributed by atoms with van der Waals surface area (Å²) in [6.45, 7) is 5.50. The molecule has 2 rings (SSSR count).